The van der Waals surface area contributed by atoms with Gasteiger partial charge in [0.2, 0.25) is 5.78 Å². The summed E-state index contributed by atoms with van der Waals surface area (Å²) in [6.45, 7) is 9.02. The standard InChI is InChI=1S/C19H22ClN5/c1-14-10-15(2)25-13-17(22-19(25)21-14)12-23-6-8-24(9-7-23)18-5-3-4-16(20)11-18/h3-5,10-11,13H,6-9,12H2,1-2H3. The number of anilines is 1. The third kappa shape index (κ3) is 3.48. The van der Waals surface area contributed by atoms with Gasteiger partial charge in [-0.15, -0.1) is 0 Å². The lowest BCUT2D eigenvalue weighted by Gasteiger charge is -2.35. The van der Waals surface area contributed by atoms with Gasteiger partial charge in [-0.2, -0.15) is 0 Å². The number of piperazine rings is 1. The highest BCUT2D eigenvalue weighted by Crippen LogP contribution is 2.21. The molecule has 4 rings (SSSR count). The fourth-order valence-corrected chi connectivity index (χ4v) is 3.65. The van der Waals surface area contributed by atoms with Gasteiger partial charge in [-0.1, -0.05) is 17.7 Å². The highest BCUT2D eigenvalue weighted by atomic mass is 35.5. The predicted octanol–water partition coefficient (Wildman–Crippen LogP) is 3.32. The van der Waals surface area contributed by atoms with Gasteiger partial charge in [0, 0.05) is 61.0 Å². The molecule has 3 aromatic rings. The molecule has 0 aliphatic carbocycles. The van der Waals surface area contributed by atoms with E-state index < -0.39 is 0 Å². The molecule has 6 heteroatoms. The van der Waals surface area contributed by atoms with Crippen LogP contribution in [0.4, 0.5) is 5.69 Å². The lowest BCUT2D eigenvalue weighted by Crippen LogP contribution is -2.46. The quantitative estimate of drug-likeness (QED) is 0.722. The lowest BCUT2D eigenvalue weighted by atomic mass is 10.2. The van der Waals surface area contributed by atoms with E-state index in [-0.39, 0.29) is 0 Å². The van der Waals surface area contributed by atoms with Crippen LogP contribution < -0.4 is 4.90 Å². The number of nitrogens with zero attached hydrogens (tertiary/aromatic N) is 5. The molecule has 2 aromatic heterocycles. The van der Waals surface area contributed by atoms with Gasteiger partial charge in [-0.3, -0.25) is 9.30 Å². The van der Waals surface area contributed by atoms with E-state index in [0.29, 0.717) is 0 Å². The SMILES string of the molecule is Cc1cc(C)n2cc(CN3CCN(c4cccc(Cl)c4)CC3)nc2n1. The highest BCUT2D eigenvalue weighted by Gasteiger charge is 2.18. The fourth-order valence-electron chi connectivity index (χ4n) is 3.46. The summed E-state index contributed by atoms with van der Waals surface area (Å²) in [5, 5.41) is 0.794. The minimum absolute atomic E-state index is 0.794. The fraction of sp³-hybridized carbons (Fsp3) is 0.368. The Balaban J connectivity index is 1.42. The van der Waals surface area contributed by atoms with Gasteiger partial charge >= 0.3 is 0 Å². The van der Waals surface area contributed by atoms with E-state index in [0.717, 1.165) is 54.9 Å². The number of rotatable bonds is 3. The Labute approximate surface area is 152 Å². The molecular formula is C19H22ClN5. The maximum atomic E-state index is 6.11. The summed E-state index contributed by atoms with van der Waals surface area (Å²) in [5.41, 5.74) is 4.47. The van der Waals surface area contributed by atoms with Crippen LogP contribution in [0, 0.1) is 13.8 Å². The average Bonchev–Trinajstić information content (AvgIpc) is 2.98. The molecule has 0 radical (unpaired) electrons. The van der Waals surface area contributed by atoms with E-state index in [2.05, 4.69) is 44.4 Å². The zero-order valence-electron chi connectivity index (χ0n) is 14.6. The van der Waals surface area contributed by atoms with Crippen LogP contribution in [-0.2, 0) is 6.54 Å². The molecule has 0 N–H and O–H groups in total. The largest absolute Gasteiger partial charge is 0.369 e. The average molecular weight is 356 g/mol. The van der Waals surface area contributed by atoms with E-state index in [4.69, 9.17) is 16.6 Å². The van der Waals surface area contributed by atoms with Gasteiger partial charge in [0.15, 0.2) is 0 Å². The zero-order valence-corrected chi connectivity index (χ0v) is 15.4. The summed E-state index contributed by atoms with van der Waals surface area (Å²) in [4.78, 5) is 14.1. The molecule has 1 aliphatic heterocycles. The molecule has 0 unspecified atom stereocenters. The Morgan fingerprint density at radius 1 is 1.04 bits per heavy atom. The molecule has 25 heavy (non-hydrogen) atoms. The number of hydrogen-bond donors (Lipinski definition) is 0. The first-order valence-corrected chi connectivity index (χ1v) is 9.01. The second-order valence-corrected chi connectivity index (χ2v) is 7.12. The van der Waals surface area contributed by atoms with Gasteiger partial charge in [-0.05, 0) is 38.1 Å². The van der Waals surface area contributed by atoms with Crippen molar-refractivity contribution in [2.75, 3.05) is 31.1 Å². The first kappa shape index (κ1) is 16.4. The third-order valence-corrected chi connectivity index (χ3v) is 4.98. The summed E-state index contributed by atoms with van der Waals surface area (Å²) in [6, 6.07) is 10.2. The monoisotopic (exact) mass is 355 g/mol. The Hall–Kier alpha value is -2.11. The van der Waals surface area contributed by atoms with Crippen LogP contribution >= 0.6 is 11.6 Å². The molecule has 1 fully saturated rings. The summed E-state index contributed by atoms with van der Waals surface area (Å²) in [5.74, 6) is 0.796. The predicted molar refractivity (Wildman–Crippen MR) is 101 cm³/mol. The highest BCUT2D eigenvalue weighted by molar-refractivity contribution is 6.30. The number of halogens is 1. The van der Waals surface area contributed by atoms with Gasteiger partial charge < -0.3 is 4.90 Å². The lowest BCUT2D eigenvalue weighted by molar-refractivity contribution is 0.247. The molecule has 1 aliphatic rings. The molecule has 5 nitrogen and oxygen atoms in total. The van der Waals surface area contributed by atoms with Crippen molar-refractivity contribution in [3.63, 3.8) is 0 Å². The maximum Gasteiger partial charge on any atom is 0.234 e. The van der Waals surface area contributed by atoms with Gasteiger partial charge in [-0.25, -0.2) is 9.97 Å². The normalized spacial score (nSPS) is 15.9. The Kier molecular flexibility index (Phi) is 4.36. The maximum absolute atomic E-state index is 6.11. The molecule has 0 spiro atoms. The van der Waals surface area contributed by atoms with Crippen LogP contribution in [0.15, 0.2) is 36.5 Å². The summed E-state index contributed by atoms with van der Waals surface area (Å²) in [7, 11) is 0. The second kappa shape index (κ2) is 6.65. The first-order chi connectivity index (χ1) is 12.1. The van der Waals surface area contributed by atoms with Gasteiger partial charge in [0.25, 0.3) is 0 Å². The van der Waals surface area contributed by atoms with Crippen LogP contribution in [-0.4, -0.2) is 45.4 Å². The molecule has 0 bridgehead atoms. The van der Waals surface area contributed by atoms with Crippen molar-refractivity contribution in [2.45, 2.75) is 20.4 Å². The molecule has 0 atom stereocenters. The third-order valence-electron chi connectivity index (χ3n) is 4.74. The molecular weight excluding hydrogens is 334 g/mol. The number of fused-ring (bicyclic) bond motifs is 1. The molecule has 3 heterocycles. The summed E-state index contributed by atoms with van der Waals surface area (Å²) in [6.07, 6.45) is 2.11. The van der Waals surface area contributed by atoms with Crippen molar-refractivity contribution in [3.05, 3.63) is 58.6 Å². The molecule has 0 amide bonds. The first-order valence-electron chi connectivity index (χ1n) is 8.63. The number of benzene rings is 1. The number of aromatic nitrogens is 3. The Morgan fingerprint density at radius 2 is 1.84 bits per heavy atom. The smallest absolute Gasteiger partial charge is 0.234 e. The van der Waals surface area contributed by atoms with Crippen LogP contribution in [0.25, 0.3) is 5.78 Å². The van der Waals surface area contributed by atoms with Gasteiger partial charge in [0.1, 0.15) is 0 Å². The van der Waals surface area contributed by atoms with Crippen molar-refractivity contribution in [1.82, 2.24) is 19.3 Å². The van der Waals surface area contributed by atoms with E-state index in [1.165, 1.54) is 11.4 Å². The molecule has 0 saturated carbocycles. The van der Waals surface area contributed by atoms with Gasteiger partial charge in [0.05, 0.1) is 5.69 Å². The zero-order chi connectivity index (χ0) is 17.4. The minimum atomic E-state index is 0.794. The van der Waals surface area contributed by atoms with Crippen LogP contribution in [0.1, 0.15) is 17.1 Å². The molecule has 1 saturated heterocycles. The van der Waals surface area contributed by atoms with Crippen LogP contribution in [0.2, 0.25) is 5.02 Å². The van der Waals surface area contributed by atoms with Crippen LogP contribution in [0.5, 0.6) is 0 Å². The Morgan fingerprint density at radius 3 is 2.60 bits per heavy atom. The molecule has 1 aromatic carbocycles. The van der Waals surface area contributed by atoms with E-state index in [9.17, 15) is 0 Å². The second-order valence-electron chi connectivity index (χ2n) is 6.68. The summed E-state index contributed by atoms with van der Waals surface area (Å²) < 4.78 is 2.07. The summed E-state index contributed by atoms with van der Waals surface area (Å²) >= 11 is 6.11. The van der Waals surface area contributed by atoms with Crippen LogP contribution in [0.3, 0.4) is 0 Å². The minimum Gasteiger partial charge on any atom is -0.369 e. The van der Waals surface area contributed by atoms with Crippen molar-refractivity contribution >= 4 is 23.1 Å². The van der Waals surface area contributed by atoms with Crippen molar-refractivity contribution in [3.8, 4) is 0 Å². The topological polar surface area (TPSA) is 36.7 Å². The number of hydrogen-bond acceptors (Lipinski definition) is 4. The number of imidazole rings is 1. The van der Waals surface area contributed by atoms with E-state index in [1.54, 1.807) is 0 Å². The Bertz CT molecular complexity index is 896. The van der Waals surface area contributed by atoms with Crippen molar-refractivity contribution in [2.24, 2.45) is 0 Å². The van der Waals surface area contributed by atoms with E-state index in [1.807, 2.05) is 25.1 Å². The molecule has 130 valence electrons. The van der Waals surface area contributed by atoms with Crippen molar-refractivity contribution in [1.29, 1.82) is 0 Å². The van der Waals surface area contributed by atoms with E-state index >= 15 is 0 Å². The van der Waals surface area contributed by atoms with Crippen molar-refractivity contribution < 1.29 is 0 Å². The number of aryl methyl sites for hydroxylation is 2.